The standard InChI is InChI=1S/C20H18Cl2N6O/c1-27-18(7-8-24-27)25-20-23-11-16(22)19(26-20)28-9-3-6-17(28)15(12-29)13-4-2-5-14(21)10-13/h2-11,15,29H,12H2,1H3,(H,23,25,26)/t15-/m0/s1. The number of nitrogens with one attached hydrogen (secondary N) is 1. The van der Waals surface area contributed by atoms with E-state index in [0.717, 1.165) is 17.1 Å². The zero-order chi connectivity index (χ0) is 20.4. The summed E-state index contributed by atoms with van der Waals surface area (Å²) in [6, 6.07) is 13.1. The highest BCUT2D eigenvalue weighted by Gasteiger charge is 2.20. The number of hydrogen-bond donors (Lipinski definition) is 2. The monoisotopic (exact) mass is 428 g/mol. The highest BCUT2D eigenvalue weighted by molar-refractivity contribution is 6.32. The molecule has 0 radical (unpaired) electrons. The number of aromatic nitrogens is 5. The van der Waals surface area contributed by atoms with E-state index >= 15 is 0 Å². The van der Waals surface area contributed by atoms with Crippen LogP contribution in [-0.4, -0.2) is 36.0 Å². The molecule has 0 aliphatic heterocycles. The Morgan fingerprint density at radius 2 is 2.03 bits per heavy atom. The molecule has 9 heteroatoms. The Morgan fingerprint density at radius 1 is 1.17 bits per heavy atom. The molecule has 0 aliphatic carbocycles. The van der Waals surface area contributed by atoms with E-state index in [0.29, 0.717) is 21.8 Å². The number of aliphatic hydroxyl groups is 1. The van der Waals surface area contributed by atoms with Crippen LogP contribution in [0.5, 0.6) is 0 Å². The molecule has 1 atom stereocenters. The van der Waals surface area contributed by atoms with E-state index in [1.807, 2.05) is 54.2 Å². The van der Waals surface area contributed by atoms with Crippen LogP contribution in [0.25, 0.3) is 5.82 Å². The number of rotatable bonds is 6. The Bertz CT molecular complexity index is 1140. The lowest BCUT2D eigenvalue weighted by Crippen LogP contribution is -2.13. The summed E-state index contributed by atoms with van der Waals surface area (Å²) in [7, 11) is 1.82. The second-order valence-electron chi connectivity index (χ2n) is 6.42. The van der Waals surface area contributed by atoms with Crippen LogP contribution in [-0.2, 0) is 7.05 Å². The quantitative estimate of drug-likeness (QED) is 0.481. The minimum absolute atomic E-state index is 0.0901. The fourth-order valence-electron chi connectivity index (χ4n) is 3.16. The molecular weight excluding hydrogens is 411 g/mol. The Morgan fingerprint density at radius 3 is 2.76 bits per heavy atom. The van der Waals surface area contributed by atoms with Gasteiger partial charge in [-0.05, 0) is 29.8 Å². The van der Waals surface area contributed by atoms with E-state index in [1.54, 1.807) is 23.1 Å². The van der Waals surface area contributed by atoms with Crippen molar-refractivity contribution < 1.29 is 5.11 Å². The van der Waals surface area contributed by atoms with Crippen molar-refractivity contribution in [1.82, 2.24) is 24.3 Å². The lowest BCUT2D eigenvalue weighted by Gasteiger charge is -2.19. The third-order valence-corrected chi connectivity index (χ3v) is 5.09. The molecular formula is C20H18Cl2N6O. The van der Waals surface area contributed by atoms with Gasteiger partial charge in [0.15, 0.2) is 5.82 Å². The predicted octanol–water partition coefficient (Wildman–Crippen LogP) is 4.18. The van der Waals surface area contributed by atoms with E-state index < -0.39 is 0 Å². The molecule has 0 aliphatic rings. The van der Waals surface area contributed by atoms with Crippen molar-refractivity contribution in [3.05, 3.63) is 82.4 Å². The van der Waals surface area contributed by atoms with Gasteiger partial charge in [-0.15, -0.1) is 0 Å². The predicted molar refractivity (Wildman–Crippen MR) is 113 cm³/mol. The van der Waals surface area contributed by atoms with Gasteiger partial charge in [-0.25, -0.2) is 4.98 Å². The van der Waals surface area contributed by atoms with Crippen LogP contribution in [0.15, 0.2) is 61.1 Å². The lowest BCUT2D eigenvalue weighted by molar-refractivity contribution is 0.278. The van der Waals surface area contributed by atoms with E-state index in [2.05, 4.69) is 20.4 Å². The zero-order valence-corrected chi connectivity index (χ0v) is 17.0. The number of aliphatic hydroxyl groups excluding tert-OH is 1. The normalized spacial score (nSPS) is 12.1. The first-order valence-electron chi connectivity index (χ1n) is 8.88. The summed E-state index contributed by atoms with van der Waals surface area (Å²) in [5, 5.41) is 18.3. The van der Waals surface area contributed by atoms with Gasteiger partial charge in [0, 0.05) is 35.9 Å². The van der Waals surface area contributed by atoms with Gasteiger partial charge in [-0.3, -0.25) is 4.68 Å². The molecule has 148 valence electrons. The Balaban J connectivity index is 1.74. The van der Waals surface area contributed by atoms with E-state index in [1.165, 1.54) is 0 Å². The van der Waals surface area contributed by atoms with Gasteiger partial charge >= 0.3 is 0 Å². The third kappa shape index (κ3) is 3.98. The molecule has 3 aromatic heterocycles. The zero-order valence-electron chi connectivity index (χ0n) is 15.5. The van der Waals surface area contributed by atoms with Crippen LogP contribution in [0.4, 0.5) is 11.8 Å². The molecule has 4 rings (SSSR count). The first-order valence-corrected chi connectivity index (χ1v) is 9.64. The molecule has 4 aromatic rings. The number of hydrogen-bond acceptors (Lipinski definition) is 5. The molecule has 0 saturated carbocycles. The fourth-order valence-corrected chi connectivity index (χ4v) is 3.54. The van der Waals surface area contributed by atoms with Gasteiger partial charge in [-0.1, -0.05) is 35.3 Å². The van der Waals surface area contributed by atoms with Gasteiger partial charge < -0.3 is 15.0 Å². The maximum absolute atomic E-state index is 10.1. The minimum Gasteiger partial charge on any atom is -0.395 e. The fraction of sp³-hybridized carbons (Fsp3) is 0.150. The summed E-state index contributed by atoms with van der Waals surface area (Å²) >= 11 is 12.6. The van der Waals surface area contributed by atoms with Gasteiger partial charge in [-0.2, -0.15) is 10.1 Å². The number of benzene rings is 1. The van der Waals surface area contributed by atoms with Crippen molar-refractivity contribution in [2.24, 2.45) is 7.05 Å². The van der Waals surface area contributed by atoms with E-state index in [4.69, 9.17) is 23.2 Å². The second kappa shape index (κ2) is 8.24. The van der Waals surface area contributed by atoms with Crippen molar-refractivity contribution >= 4 is 35.0 Å². The first-order chi connectivity index (χ1) is 14.1. The van der Waals surface area contributed by atoms with Crippen LogP contribution in [0.3, 0.4) is 0 Å². The Labute approximate surface area is 177 Å². The molecule has 0 spiro atoms. The SMILES string of the molecule is Cn1nccc1Nc1ncc(Cl)c(-n2cccc2[C@@H](CO)c2cccc(Cl)c2)n1. The number of halogens is 2. The average Bonchev–Trinajstić information content (AvgIpc) is 3.34. The smallest absolute Gasteiger partial charge is 0.230 e. The van der Waals surface area contributed by atoms with Crippen LogP contribution >= 0.6 is 23.2 Å². The number of nitrogens with zero attached hydrogens (tertiary/aromatic N) is 5. The van der Waals surface area contributed by atoms with Crippen molar-refractivity contribution in [3.63, 3.8) is 0 Å². The molecule has 3 heterocycles. The summed E-state index contributed by atoms with van der Waals surface area (Å²) in [6.07, 6.45) is 5.07. The van der Waals surface area contributed by atoms with E-state index in [-0.39, 0.29) is 12.5 Å². The van der Waals surface area contributed by atoms with Crippen molar-refractivity contribution in [2.45, 2.75) is 5.92 Å². The summed E-state index contributed by atoms with van der Waals surface area (Å²) in [5.74, 6) is 1.35. The third-order valence-electron chi connectivity index (χ3n) is 4.59. The van der Waals surface area contributed by atoms with Crippen LogP contribution < -0.4 is 5.32 Å². The molecule has 0 saturated heterocycles. The Kier molecular flexibility index (Phi) is 5.53. The summed E-state index contributed by atoms with van der Waals surface area (Å²) in [4.78, 5) is 8.83. The highest BCUT2D eigenvalue weighted by atomic mass is 35.5. The molecule has 1 aromatic carbocycles. The summed E-state index contributed by atoms with van der Waals surface area (Å²) < 4.78 is 3.53. The topological polar surface area (TPSA) is 80.8 Å². The first kappa shape index (κ1) is 19.4. The molecule has 7 nitrogen and oxygen atoms in total. The van der Waals surface area contributed by atoms with Crippen molar-refractivity contribution in [2.75, 3.05) is 11.9 Å². The van der Waals surface area contributed by atoms with Crippen LogP contribution in [0.1, 0.15) is 17.2 Å². The number of anilines is 2. The van der Waals surface area contributed by atoms with Gasteiger partial charge in [0.05, 0.1) is 19.0 Å². The molecule has 0 unspecified atom stereocenters. The van der Waals surface area contributed by atoms with Gasteiger partial charge in [0.1, 0.15) is 10.8 Å². The van der Waals surface area contributed by atoms with Crippen molar-refractivity contribution in [3.8, 4) is 5.82 Å². The highest BCUT2D eigenvalue weighted by Crippen LogP contribution is 2.30. The second-order valence-corrected chi connectivity index (χ2v) is 7.27. The molecule has 0 amide bonds. The van der Waals surface area contributed by atoms with Crippen LogP contribution in [0.2, 0.25) is 10.0 Å². The molecule has 0 bridgehead atoms. The average molecular weight is 429 g/mol. The maximum atomic E-state index is 10.1. The summed E-state index contributed by atoms with van der Waals surface area (Å²) in [5.41, 5.74) is 1.74. The largest absolute Gasteiger partial charge is 0.395 e. The lowest BCUT2D eigenvalue weighted by atomic mass is 9.96. The summed E-state index contributed by atoms with van der Waals surface area (Å²) in [6.45, 7) is -0.0901. The Hall–Kier alpha value is -2.87. The molecule has 29 heavy (non-hydrogen) atoms. The maximum Gasteiger partial charge on any atom is 0.230 e. The van der Waals surface area contributed by atoms with Gasteiger partial charge in [0.2, 0.25) is 5.95 Å². The molecule has 0 fully saturated rings. The molecule has 2 N–H and O–H groups in total. The number of aryl methyl sites for hydroxylation is 1. The minimum atomic E-state index is -0.289. The van der Waals surface area contributed by atoms with E-state index in [9.17, 15) is 5.11 Å². The van der Waals surface area contributed by atoms with Crippen molar-refractivity contribution in [1.29, 1.82) is 0 Å². The van der Waals surface area contributed by atoms with Gasteiger partial charge in [0.25, 0.3) is 0 Å². The van der Waals surface area contributed by atoms with Crippen LogP contribution in [0, 0.1) is 0 Å².